The number of hydrogen-bond donors (Lipinski definition) is 1. The Kier molecular flexibility index (Phi) is 9.68. The van der Waals surface area contributed by atoms with Crippen molar-refractivity contribution in [2.45, 2.75) is 82.0 Å². The fourth-order valence-corrected chi connectivity index (χ4v) is 8.58. The Hall–Kier alpha value is -4.98. The van der Waals surface area contributed by atoms with Gasteiger partial charge >= 0.3 is 6.01 Å². The molecular formula is C41H45F3N6O2. The third-order valence-electron chi connectivity index (χ3n) is 11.4. The van der Waals surface area contributed by atoms with Crippen LogP contribution in [-0.4, -0.2) is 71.3 Å². The molecule has 1 saturated carbocycles. The van der Waals surface area contributed by atoms with E-state index in [1.807, 2.05) is 31.0 Å². The van der Waals surface area contributed by atoms with Gasteiger partial charge in [0, 0.05) is 50.1 Å². The van der Waals surface area contributed by atoms with Gasteiger partial charge in [-0.3, -0.25) is 4.79 Å². The summed E-state index contributed by atoms with van der Waals surface area (Å²) in [5.41, 5.74) is 4.13. The van der Waals surface area contributed by atoms with Gasteiger partial charge in [0.15, 0.2) is 0 Å². The lowest BCUT2D eigenvalue weighted by Gasteiger charge is -2.39. The van der Waals surface area contributed by atoms with Crippen LogP contribution in [0.5, 0.6) is 6.01 Å². The second kappa shape index (κ2) is 14.2. The minimum absolute atomic E-state index is 0.0877. The van der Waals surface area contributed by atoms with Gasteiger partial charge in [-0.25, -0.2) is 13.2 Å². The number of amides is 1. The number of aryl methyl sites for hydroxylation is 1. The van der Waals surface area contributed by atoms with Crippen molar-refractivity contribution in [3.8, 4) is 18.4 Å². The molecule has 3 aromatic rings. The second-order valence-electron chi connectivity index (χ2n) is 14.7. The molecule has 2 aliphatic carbocycles. The molecule has 4 aliphatic rings. The molecule has 11 heteroatoms. The molecule has 2 aromatic carbocycles. The maximum atomic E-state index is 15.0. The molecule has 8 nitrogen and oxygen atoms in total. The molecule has 0 radical (unpaired) electrons. The summed E-state index contributed by atoms with van der Waals surface area (Å²) in [6.07, 6.45) is 15.0. The maximum absolute atomic E-state index is 15.0. The van der Waals surface area contributed by atoms with Crippen molar-refractivity contribution < 1.29 is 22.7 Å². The van der Waals surface area contributed by atoms with Gasteiger partial charge in [-0.1, -0.05) is 31.4 Å². The smallest absolute Gasteiger partial charge is 0.319 e. The van der Waals surface area contributed by atoms with Gasteiger partial charge in [-0.05, 0) is 93.5 Å². The number of alkyl halides is 1. The van der Waals surface area contributed by atoms with E-state index in [1.165, 1.54) is 24.3 Å². The zero-order valence-corrected chi connectivity index (χ0v) is 29.9. The van der Waals surface area contributed by atoms with E-state index in [9.17, 15) is 18.0 Å². The molecular weight excluding hydrogens is 665 g/mol. The van der Waals surface area contributed by atoms with Crippen LogP contribution in [0.15, 0.2) is 54.8 Å². The van der Waals surface area contributed by atoms with Crippen LogP contribution in [-0.2, 0) is 17.6 Å². The van der Waals surface area contributed by atoms with Gasteiger partial charge in [-0.2, -0.15) is 9.97 Å². The summed E-state index contributed by atoms with van der Waals surface area (Å²) in [6, 6.07) is 9.44. The number of nitrogens with zero attached hydrogens (tertiary/aromatic N) is 5. The van der Waals surface area contributed by atoms with Crippen molar-refractivity contribution in [2.75, 3.05) is 48.4 Å². The van der Waals surface area contributed by atoms with E-state index in [1.54, 1.807) is 17.0 Å². The zero-order chi connectivity index (χ0) is 36.6. The third kappa shape index (κ3) is 6.59. The van der Waals surface area contributed by atoms with Crippen LogP contribution in [0.4, 0.5) is 30.4 Å². The lowest BCUT2D eigenvalue weighted by Crippen LogP contribution is -2.51. The van der Waals surface area contributed by atoms with E-state index in [2.05, 4.69) is 22.7 Å². The number of ether oxygens (including phenoxy) is 1. The number of allylic oxidation sites excluding steroid dienone is 1. The van der Waals surface area contributed by atoms with Gasteiger partial charge in [0.25, 0.3) is 0 Å². The number of fused-ring (bicyclic) bond motifs is 2. The van der Waals surface area contributed by atoms with Gasteiger partial charge in [-0.15, -0.1) is 6.42 Å². The summed E-state index contributed by atoms with van der Waals surface area (Å²) in [4.78, 5) is 28.4. The van der Waals surface area contributed by atoms with Crippen LogP contribution in [0, 0.1) is 24.0 Å². The fraction of sp³-hybridized carbons (Fsp3) is 0.439. The maximum Gasteiger partial charge on any atom is 0.319 e. The molecule has 7 rings (SSSR count). The first-order valence-corrected chi connectivity index (χ1v) is 18.2. The number of terminal acetylenes is 1. The Morgan fingerprint density at radius 1 is 1.13 bits per heavy atom. The van der Waals surface area contributed by atoms with E-state index >= 15 is 0 Å². The summed E-state index contributed by atoms with van der Waals surface area (Å²) in [7, 11) is 1.83. The summed E-state index contributed by atoms with van der Waals surface area (Å²) < 4.78 is 50.1. The summed E-state index contributed by atoms with van der Waals surface area (Å²) >= 11 is 0. The molecule has 272 valence electrons. The molecule has 1 saturated heterocycles. The number of aromatic nitrogens is 2. The lowest BCUT2D eigenvalue weighted by atomic mass is 9.93. The number of halogens is 3. The lowest BCUT2D eigenvalue weighted by molar-refractivity contribution is -0.129. The second-order valence-corrected chi connectivity index (χ2v) is 14.7. The average molecular weight is 711 g/mol. The van der Waals surface area contributed by atoms with E-state index in [0.717, 1.165) is 61.0 Å². The van der Waals surface area contributed by atoms with E-state index in [0.29, 0.717) is 43.1 Å². The normalized spacial score (nSPS) is 21.8. The number of anilines is 3. The largest absolute Gasteiger partial charge is 0.461 e. The number of nitrogens with one attached hydrogen (secondary N) is 1. The highest BCUT2D eigenvalue weighted by Gasteiger charge is 2.44. The number of rotatable bonds is 10. The Bertz CT molecular complexity index is 1940. The number of likely N-dealkylation sites (N-methyl/N-ethyl adjacent to an activating group) is 1. The monoisotopic (exact) mass is 710 g/mol. The van der Waals surface area contributed by atoms with Crippen LogP contribution in [0.2, 0.25) is 0 Å². The Labute approximate surface area is 303 Å². The van der Waals surface area contributed by atoms with Crippen LogP contribution in [0.25, 0.3) is 6.08 Å². The number of carbonyl (C=O) groups is 1. The first-order chi connectivity index (χ1) is 25.0. The predicted octanol–water partition coefficient (Wildman–Crippen LogP) is 7.23. The molecule has 1 N–H and O–H groups in total. The molecule has 0 bridgehead atoms. The molecule has 0 spiro atoms. The summed E-state index contributed by atoms with van der Waals surface area (Å²) in [6.45, 7) is 7.05. The fourth-order valence-electron chi connectivity index (χ4n) is 8.58. The molecule has 2 aliphatic heterocycles. The number of hydrogen-bond acceptors (Lipinski definition) is 7. The topological polar surface area (TPSA) is 73.8 Å². The molecule has 0 unspecified atom stereocenters. The quantitative estimate of drug-likeness (QED) is 0.176. The highest BCUT2D eigenvalue weighted by molar-refractivity contribution is 5.87. The molecule has 2 atom stereocenters. The molecule has 1 aromatic heterocycles. The van der Waals surface area contributed by atoms with Crippen LogP contribution in [0.1, 0.15) is 74.3 Å². The zero-order valence-electron chi connectivity index (χ0n) is 29.9. The van der Waals surface area contributed by atoms with Gasteiger partial charge < -0.3 is 24.8 Å². The van der Waals surface area contributed by atoms with Crippen molar-refractivity contribution in [3.63, 3.8) is 0 Å². The highest BCUT2D eigenvalue weighted by atomic mass is 19.1. The molecule has 2 fully saturated rings. The van der Waals surface area contributed by atoms with E-state index in [-0.39, 0.29) is 42.9 Å². The van der Waals surface area contributed by atoms with Gasteiger partial charge in [0.05, 0.1) is 28.0 Å². The van der Waals surface area contributed by atoms with Gasteiger partial charge in [0.1, 0.15) is 30.2 Å². The SMILES string of the molecule is C#Cc1c(F)ccc2c1N(C1=Cc3nc(OC[C@]4(C)C[C@@H](F)CN4c4ccc(F)cc4)nc(NCC4(N(C)C(=O)C=C)CCCC4)c3CC1)CCC2. The van der Waals surface area contributed by atoms with Crippen molar-refractivity contribution >= 4 is 29.2 Å². The van der Waals surface area contributed by atoms with Crippen molar-refractivity contribution in [1.29, 1.82) is 0 Å². The van der Waals surface area contributed by atoms with Crippen LogP contribution < -0.4 is 19.9 Å². The van der Waals surface area contributed by atoms with Crippen molar-refractivity contribution in [1.82, 2.24) is 14.9 Å². The predicted molar refractivity (Wildman–Crippen MR) is 198 cm³/mol. The first kappa shape index (κ1) is 35.4. The first-order valence-electron chi connectivity index (χ1n) is 18.2. The highest BCUT2D eigenvalue weighted by Crippen LogP contribution is 2.41. The minimum atomic E-state index is -1.09. The molecule has 52 heavy (non-hydrogen) atoms. The van der Waals surface area contributed by atoms with Crippen LogP contribution in [0.3, 0.4) is 0 Å². The Morgan fingerprint density at radius 2 is 1.90 bits per heavy atom. The van der Waals surface area contributed by atoms with Crippen molar-refractivity contribution in [3.05, 3.63) is 88.8 Å². The van der Waals surface area contributed by atoms with E-state index < -0.39 is 23.1 Å². The molecule has 3 heterocycles. The van der Waals surface area contributed by atoms with Crippen molar-refractivity contribution in [2.24, 2.45) is 0 Å². The third-order valence-corrected chi connectivity index (χ3v) is 11.4. The Balaban J connectivity index is 1.24. The average Bonchev–Trinajstić information content (AvgIpc) is 3.76. The number of carbonyl (C=O) groups excluding carboxylic acids is 1. The van der Waals surface area contributed by atoms with Crippen LogP contribution >= 0.6 is 0 Å². The number of benzene rings is 2. The van der Waals surface area contributed by atoms with E-state index in [4.69, 9.17) is 21.1 Å². The summed E-state index contributed by atoms with van der Waals surface area (Å²) in [5.74, 6) is 2.29. The molecule has 1 amide bonds. The minimum Gasteiger partial charge on any atom is -0.461 e. The Morgan fingerprint density at radius 3 is 2.63 bits per heavy atom. The standard InChI is InChI=1S/C41H45F3N6O2/c1-5-32-34(44)18-11-27-10-9-21-49(37(27)32)31-16-17-33-35(22-31)46-39(47-38(33)45-25-41(19-7-8-20-41)48(4)36(51)6-2)52-26-40(3)23-29(43)24-50(40)30-14-12-28(42)13-15-30/h1,6,11-15,18,22,29H,2,7-10,16-17,19-21,23-26H2,3-4H3,(H,45,46,47)/t29-,40+/m1/s1. The van der Waals surface area contributed by atoms with Gasteiger partial charge in [0.2, 0.25) is 5.91 Å². The summed E-state index contributed by atoms with van der Waals surface area (Å²) in [5, 5.41) is 3.59.